The second-order valence-corrected chi connectivity index (χ2v) is 6.23. The van der Waals surface area contributed by atoms with Gasteiger partial charge in [0.25, 0.3) is 0 Å². The standard InChI is InChI=1S/C17H32N2/c1-5-7-9-11-13-17(3,12-10-8-6-2)16-14-18-19(4)15-16/h14-15H,5-13H2,1-4H3. The van der Waals surface area contributed by atoms with Crippen molar-refractivity contribution in [2.45, 2.75) is 84.0 Å². The molecular formula is C17H32N2. The highest BCUT2D eigenvalue weighted by atomic mass is 15.2. The third kappa shape index (κ3) is 5.38. The summed E-state index contributed by atoms with van der Waals surface area (Å²) in [6.07, 6.45) is 16.3. The van der Waals surface area contributed by atoms with Crippen LogP contribution in [0.2, 0.25) is 0 Å². The quantitative estimate of drug-likeness (QED) is 0.529. The molecule has 0 amide bonds. The molecule has 0 spiro atoms. The van der Waals surface area contributed by atoms with Gasteiger partial charge in [0.1, 0.15) is 0 Å². The molecule has 19 heavy (non-hydrogen) atoms. The van der Waals surface area contributed by atoms with Crippen LogP contribution in [0.1, 0.15) is 84.1 Å². The molecule has 110 valence electrons. The summed E-state index contributed by atoms with van der Waals surface area (Å²) in [5.41, 5.74) is 1.76. The maximum Gasteiger partial charge on any atom is 0.0527 e. The van der Waals surface area contributed by atoms with Crippen molar-refractivity contribution in [2.75, 3.05) is 0 Å². The fraction of sp³-hybridized carbons (Fsp3) is 0.824. The van der Waals surface area contributed by atoms with E-state index in [1.807, 2.05) is 11.7 Å². The van der Waals surface area contributed by atoms with Crippen LogP contribution in [0.5, 0.6) is 0 Å². The lowest BCUT2D eigenvalue weighted by molar-refractivity contribution is 0.365. The number of aryl methyl sites for hydroxylation is 1. The van der Waals surface area contributed by atoms with Gasteiger partial charge in [-0.1, -0.05) is 65.7 Å². The van der Waals surface area contributed by atoms with Gasteiger partial charge in [-0.25, -0.2) is 0 Å². The summed E-state index contributed by atoms with van der Waals surface area (Å²) in [5, 5.41) is 4.37. The minimum atomic E-state index is 0.331. The number of hydrogen-bond acceptors (Lipinski definition) is 1. The molecule has 2 nitrogen and oxygen atoms in total. The van der Waals surface area contributed by atoms with Gasteiger partial charge in [-0.15, -0.1) is 0 Å². The summed E-state index contributed by atoms with van der Waals surface area (Å²) >= 11 is 0. The van der Waals surface area contributed by atoms with Crippen molar-refractivity contribution < 1.29 is 0 Å². The molecule has 0 aromatic carbocycles. The lowest BCUT2D eigenvalue weighted by Crippen LogP contribution is -2.21. The smallest absolute Gasteiger partial charge is 0.0527 e. The predicted molar refractivity (Wildman–Crippen MR) is 83.5 cm³/mol. The van der Waals surface area contributed by atoms with Gasteiger partial charge in [0, 0.05) is 13.2 Å². The zero-order chi connectivity index (χ0) is 14.1. The Balaban J connectivity index is 2.60. The molecule has 0 aliphatic rings. The molecule has 0 aliphatic carbocycles. The van der Waals surface area contributed by atoms with E-state index < -0.39 is 0 Å². The fourth-order valence-corrected chi connectivity index (χ4v) is 2.85. The molecule has 0 saturated carbocycles. The Morgan fingerprint density at radius 1 is 1.00 bits per heavy atom. The van der Waals surface area contributed by atoms with Crippen molar-refractivity contribution in [3.63, 3.8) is 0 Å². The van der Waals surface area contributed by atoms with Crippen molar-refractivity contribution in [2.24, 2.45) is 7.05 Å². The van der Waals surface area contributed by atoms with Crippen molar-refractivity contribution in [1.29, 1.82) is 0 Å². The van der Waals surface area contributed by atoms with E-state index in [2.05, 4.69) is 38.3 Å². The summed E-state index contributed by atoms with van der Waals surface area (Å²) in [7, 11) is 2.02. The monoisotopic (exact) mass is 264 g/mol. The number of aromatic nitrogens is 2. The summed E-state index contributed by atoms with van der Waals surface area (Å²) < 4.78 is 1.94. The van der Waals surface area contributed by atoms with Gasteiger partial charge in [-0.3, -0.25) is 4.68 Å². The van der Waals surface area contributed by atoms with E-state index in [0.29, 0.717) is 5.41 Å². The highest BCUT2D eigenvalue weighted by Gasteiger charge is 2.26. The number of unbranched alkanes of at least 4 members (excludes halogenated alkanes) is 5. The average Bonchev–Trinajstić information content (AvgIpc) is 2.82. The molecule has 1 rings (SSSR count). The normalized spacial score (nSPS) is 14.5. The first-order valence-corrected chi connectivity index (χ1v) is 8.11. The topological polar surface area (TPSA) is 17.8 Å². The molecule has 1 aromatic rings. The van der Waals surface area contributed by atoms with E-state index in [0.717, 1.165) is 0 Å². The highest BCUT2D eigenvalue weighted by molar-refractivity contribution is 5.18. The van der Waals surface area contributed by atoms with Gasteiger partial charge >= 0.3 is 0 Å². The van der Waals surface area contributed by atoms with Crippen LogP contribution < -0.4 is 0 Å². The van der Waals surface area contributed by atoms with Crippen molar-refractivity contribution >= 4 is 0 Å². The van der Waals surface area contributed by atoms with E-state index in [-0.39, 0.29) is 0 Å². The molecule has 2 heteroatoms. The second kappa shape index (κ2) is 8.39. The third-order valence-electron chi connectivity index (χ3n) is 4.32. The van der Waals surface area contributed by atoms with Crippen LogP contribution in [0.25, 0.3) is 0 Å². The van der Waals surface area contributed by atoms with Gasteiger partial charge in [-0.2, -0.15) is 5.10 Å². The van der Waals surface area contributed by atoms with Crippen LogP contribution in [0.15, 0.2) is 12.4 Å². The van der Waals surface area contributed by atoms with Crippen LogP contribution in [-0.2, 0) is 12.5 Å². The molecule has 0 radical (unpaired) electrons. The second-order valence-electron chi connectivity index (χ2n) is 6.23. The molecule has 1 atom stereocenters. The lowest BCUT2D eigenvalue weighted by Gasteiger charge is -2.29. The van der Waals surface area contributed by atoms with E-state index in [1.54, 1.807) is 0 Å². The molecular weight excluding hydrogens is 232 g/mol. The van der Waals surface area contributed by atoms with Crippen molar-refractivity contribution in [1.82, 2.24) is 9.78 Å². The third-order valence-corrected chi connectivity index (χ3v) is 4.32. The Labute approximate surface area is 119 Å². The summed E-state index contributed by atoms with van der Waals surface area (Å²) in [6.45, 7) is 7.00. The largest absolute Gasteiger partial charge is 0.276 e. The van der Waals surface area contributed by atoms with Crippen LogP contribution in [0, 0.1) is 0 Å². The Kier molecular flexibility index (Phi) is 7.19. The highest BCUT2D eigenvalue weighted by Crippen LogP contribution is 2.35. The molecule has 0 bridgehead atoms. The van der Waals surface area contributed by atoms with E-state index in [1.165, 1.54) is 63.4 Å². The maximum atomic E-state index is 4.37. The summed E-state index contributed by atoms with van der Waals surface area (Å²) in [4.78, 5) is 0. The zero-order valence-corrected chi connectivity index (χ0v) is 13.4. The molecule has 1 heterocycles. The molecule has 1 unspecified atom stereocenters. The number of rotatable bonds is 10. The first kappa shape index (κ1) is 16.3. The Morgan fingerprint density at radius 2 is 1.58 bits per heavy atom. The summed E-state index contributed by atoms with van der Waals surface area (Å²) in [5.74, 6) is 0. The van der Waals surface area contributed by atoms with Gasteiger partial charge in [0.05, 0.1) is 6.20 Å². The first-order chi connectivity index (χ1) is 9.12. The molecule has 0 saturated heterocycles. The van der Waals surface area contributed by atoms with E-state index >= 15 is 0 Å². The van der Waals surface area contributed by atoms with Gasteiger partial charge < -0.3 is 0 Å². The van der Waals surface area contributed by atoms with Gasteiger partial charge in [0.2, 0.25) is 0 Å². The fourth-order valence-electron chi connectivity index (χ4n) is 2.85. The van der Waals surface area contributed by atoms with Crippen LogP contribution in [0.3, 0.4) is 0 Å². The van der Waals surface area contributed by atoms with Gasteiger partial charge in [-0.05, 0) is 23.8 Å². The minimum Gasteiger partial charge on any atom is -0.276 e. The molecule has 1 aromatic heterocycles. The van der Waals surface area contributed by atoms with Crippen LogP contribution >= 0.6 is 0 Å². The Bertz CT molecular complexity index is 343. The van der Waals surface area contributed by atoms with E-state index in [4.69, 9.17) is 0 Å². The Morgan fingerprint density at radius 3 is 2.11 bits per heavy atom. The predicted octanol–water partition coefficient (Wildman–Crippen LogP) is 5.23. The molecule has 0 aliphatic heterocycles. The maximum absolute atomic E-state index is 4.37. The lowest BCUT2D eigenvalue weighted by atomic mass is 9.75. The SMILES string of the molecule is CCCCCCC(C)(CCCCC)c1cnn(C)c1. The average molecular weight is 264 g/mol. The number of nitrogens with zero attached hydrogens (tertiary/aromatic N) is 2. The van der Waals surface area contributed by atoms with E-state index in [9.17, 15) is 0 Å². The molecule has 0 N–H and O–H groups in total. The first-order valence-electron chi connectivity index (χ1n) is 8.11. The summed E-state index contributed by atoms with van der Waals surface area (Å²) in [6, 6.07) is 0. The minimum absolute atomic E-state index is 0.331. The van der Waals surface area contributed by atoms with Gasteiger partial charge in [0.15, 0.2) is 0 Å². The zero-order valence-electron chi connectivity index (χ0n) is 13.4. The van der Waals surface area contributed by atoms with Crippen LogP contribution in [0.4, 0.5) is 0 Å². The Hall–Kier alpha value is -0.790. The number of hydrogen-bond donors (Lipinski definition) is 0. The van der Waals surface area contributed by atoms with Crippen molar-refractivity contribution in [3.8, 4) is 0 Å². The molecule has 0 fully saturated rings. The van der Waals surface area contributed by atoms with Crippen molar-refractivity contribution in [3.05, 3.63) is 18.0 Å². The van der Waals surface area contributed by atoms with Crippen LogP contribution in [-0.4, -0.2) is 9.78 Å².